The molecule has 10 heteroatoms. The number of ether oxygens (including phenoxy) is 2. The van der Waals surface area contributed by atoms with E-state index in [1.54, 1.807) is 0 Å². The highest BCUT2D eigenvalue weighted by atomic mass is 19.4. The summed E-state index contributed by atoms with van der Waals surface area (Å²) in [6.45, 7) is 2.60. The summed E-state index contributed by atoms with van der Waals surface area (Å²) < 4.78 is 44.4. The van der Waals surface area contributed by atoms with Crippen molar-refractivity contribution >= 4 is 11.8 Å². The molecule has 0 aliphatic carbocycles. The van der Waals surface area contributed by atoms with Crippen molar-refractivity contribution in [2.45, 2.75) is 20.2 Å². The Kier molecular flexibility index (Phi) is 4.48. The predicted octanol–water partition coefficient (Wildman–Crippen LogP) is 2.37. The lowest BCUT2D eigenvalue weighted by Crippen LogP contribution is -2.20. The molecule has 0 saturated heterocycles. The molecule has 0 atom stereocenters. The summed E-state index contributed by atoms with van der Waals surface area (Å²) in [5.41, 5.74) is -0.722. The molecule has 0 saturated carbocycles. The number of carbonyl (C=O) groups excluding carboxylic acids is 1. The van der Waals surface area contributed by atoms with Gasteiger partial charge in [-0.3, -0.25) is 0 Å². The molecule has 0 aromatic carbocycles. The third kappa shape index (κ3) is 3.80. The molecule has 0 bridgehead atoms. The molecule has 0 unspecified atom stereocenters. The van der Waals surface area contributed by atoms with Crippen molar-refractivity contribution in [1.82, 2.24) is 4.98 Å². The lowest BCUT2D eigenvalue weighted by atomic mass is 10.2. The maximum absolute atomic E-state index is 12.1. The average Bonchev–Trinajstić information content (AvgIpc) is 2.29. The van der Waals surface area contributed by atoms with Crippen molar-refractivity contribution in [2.24, 2.45) is 0 Å². The minimum Gasteiger partial charge on any atom is -0.462 e. The van der Waals surface area contributed by atoms with Crippen LogP contribution in [-0.4, -0.2) is 28.8 Å². The summed E-state index contributed by atoms with van der Waals surface area (Å²) in [4.78, 5) is 24.3. The number of alkyl halides is 3. The first-order valence-electron chi connectivity index (χ1n) is 5.24. The van der Waals surface area contributed by atoms with Gasteiger partial charge in [0.15, 0.2) is 5.56 Å². The maximum Gasteiger partial charge on any atom is 0.575 e. The molecule has 20 heavy (non-hydrogen) atoms. The monoisotopic (exact) mass is 294 g/mol. The van der Waals surface area contributed by atoms with E-state index in [2.05, 4.69) is 14.5 Å². The van der Waals surface area contributed by atoms with Gasteiger partial charge in [-0.1, -0.05) is 0 Å². The highest BCUT2D eigenvalue weighted by molar-refractivity contribution is 5.93. The predicted molar refractivity (Wildman–Crippen MR) is 58.3 cm³/mol. The summed E-state index contributed by atoms with van der Waals surface area (Å²) in [6.07, 6.45) is -5.04. The summed E-state index contributed by atoms with van der Waals surface area (Å²) in [7, 11) is 0. The fourth-order valence-corrected chi connectivity index (χ4v) is 1.30. The molecule has 0 fully saturated rings. The minimum absolute atomic E-state index is 0.0458. The van der Waals surface area contributed by atoms with E-state index in [1.807, 2.05) is 0 Å². The number of halogens is 3. The molecule has 7 nitrogen and oxygen atoms in total. The zero-order valence-electron chi connectivity index (χ0n) is 10.4. The third-order valence-corrected chi connectivity index (χ3v) is 2.03. The molecule has 0 aliphatic heterocycles. The zero-order chi connectivity index (χ0) is 15.5. The second kappa shape index (κ2) is 5.72. The van der Waals surface area contributed by atoms with Crippen LogP contribution in [0.25, 0.3) is 0 Å². The minimum atomic E-state index is -5.04. The van der Waals surface area contributed by atoms with Gasteiger partial charge in [-0.2, -0.15) is 0 Å². The van der Waals surface area contributed by atoms with Crippen LogP contribution in [0.4, 0.5) is 19.0 Å². The van der Waals surface area contributed by atoms with Crippen molar-refractivity contribution < 1.29 is 32.4 Å². The quantitative estimate of drug-likeness (QED) is 0.481. The number of carbonyl (C=O) groups is 1. The normalized spacial score (nSPS) is 11.1. The van der Waals surface area contributed by atoms with E-state index in [4.69, 9.17) is 0 Å². The Bertz CT molecular complexity index is 544. The molecule has 1 heterocycles. The molecular formula is C10H9F3N2O5. The van der Waals surface area contributed by atoms with E-state index in [9.17, 15) is 28.1 Å². The number of aromatic nitrogens is 1. The number of nitrogens with zero attached hydrogens (tertiary/aromatic N) is 2. The summed E-state index contributed by atoms with van der Waals surface area (Å²) in [5, 5.41) is 10.8. The van der Waals surface area contributed by atoms with E-state index in [0.717, 1.165) is 6.07 Å². The number of rotatable bonds is 4. The highest BCUT2D eigenvalue weighted by Gasteiger charge is 2.36. The molecule has 1 aromatic heterocycles. The smallest absolute Gasteiger partial charge is 0.462 e. The number of hydrogen-bond acceptors (Lipinski definition) is 6. The summed E-state index contributed by atoms with van der Waals surface area (Å²) >= 11 is 0. The number of nitro groups is 1. The Morgan fingerprint density at radius 2 is 2.10 bits per heavy atom. The summed E-state index contributed by atoms with van der Waals surface area (Å²) in [5.74, 6) is -3.10. The lowest BCUT2D eigenvalue weighted by molar-refractivity contribution is -0.390. The van der Waals surface area contributed by atoms with Crippen LogP contribution in [0.1, 0.15) is 22.8 Å². The van der Waals surface area contributed by atoms with Gasteiger partial charge < -0.3 is 19.6 Å². The van der Waals surface area contributed by atoms with Crippen LogP contribution in [-0.2, 0) is 4.74 Å². The van der Waals surface area contributed by atoms with Crippen LogP contribution in [0.5, 0.6) is 5.88 Å². The second-order valence-electron chi connectivity index (χ2n) is 3.51. The molecule has 0 amide bonds. The fourth-order valence-electron chi connectivity index (χ4n) is 1.30. The van der Waals surface area contributed by atoms with Crippen LogP contribution < -0.4 is 4.74 Å². The molecule has 1 rings (SSSR count). The molecule has 0 radical (unpaired) electrons. The number of aryl methyl sites for hydroxylation is 1. The van der Waals surface area contributed by atoms with E-state index >= 15 is 0 Å². The van der Waals surface area contributed by atoms with Crippen molar-refractivity contribution in [3.8, 4) is 5.88 Å². The van der Waals surface area contributed by atoms with E-state index < -0.39 is 34.5 Å². The SMILES string of the molecule is CCOC(=O)c1cc(C)c(OC(F)(F)F)nc1[N+](=O)[O-]. The summed E-state index contributed by atoms with van der Waals surface area (Å²) in [6, 6.07) is 0.865. The Labute approximate surface area is 110 Å². The number of pyridine rings is 1. The van der Waals surface area contributed by atoms with Crippen LogP contribution in [0, 0.1) is 17.0 Å². The van der Waals surface area contributed by atoms with Crippen LogP contribution in [0.3, 0.4) is 0 Å². The van der Waals surface area contributed by atoms with Gasteiger partial charge in [0.1, 0.15) is 0 Å². The zero-order valence-corrected chi connectivity index (χ0v) is 10.4. The molecule has 0 spiro atoms. The fraction of sp³-hybridized carbons (Fsp3) is 0.400. The van der Waals surface area contributed by atoms with E-state index in [1.165, 1.54) is 13.8 Å². The van der Waals surface area contributed by atoms with Gasteiger partial charge in [0, 0.05) is 10.5 Å². The first kappa shape index (κ1) is 15.7. The molecule has 110 valence electrons. The molecule has 0 aliphatic rings. The average molecular weight is 294 g/mol. The standard InChI is InChI=1S/C10H9F3N2O5/c1-3-19-9(16)6-4-5(2)8(20-10(11,12)13)14-7(6)15(17)18/h4H,3H2,1-2H3. The van der Waals surface area contributed by atoms with Gasteiger partial charge in [-0.25, -0.2) is 4.79 Å². The van der Waals surface area contributed by atoms with Crippen LogP contribution >= 0.6 is 0 Å². The number of esters is 1. The topological polar surface area (TPSA) is 91.6 Å². The van der Waals surface area contributed by atoms with Crippen molar-refractivity contribution in [3.05, 3.63) is 27.3 Å². The maximum atomic E-state index is 12.1. The lowest BCUT2D eigenvalue weighted by Gasteiger charge is -2.09. The van der Waals surface area contributed by atoms with Gasteiger partial charge in [0.25, 0.3) is 0 Å². The van der Waals surface area contributed by atoms with Gasteiger partial charge in [0.05, 0.1) is 6.61 Å². The largest absolute Gasteiger partial charge is 0.575 e. The molecule has 1 aromatic rings. The van der Waals surface area contributed by atoms with Crippen LogP contribution in [0.15, 0.2) is 6.07 Å². The van der Waals surface area contributed by atoms with E-state index in [-0.39, 0.29) is 12.2 Å². The Morgan fingerprint density at radius 3 is 2.55 bits per heavy atom. The van der Waals surface area contributed by atoms with Gasteiger partial charge in [-0.15, -0.1) is 13.2 Å². The first-order valence-corrected chi connectivity index (χ1v) is 5.24. The van der Waals surface area contributed by atoms with Gasteiger partial charge in [-0.05, 0) is 24.8 Å². The molecular weight excluding hydrogens is 285 g/mol. The Hall–Kier alpha value is -2.39. The Morgan fingerprint density at radius 1 is 1.50 bits per heavy atom. The van der Waals surface area contributed by atoms with Gasteiger partial charge >= 0.3 is 24.0 Å². The van der Waals surface area contributed by atoms with Crippen molar-refractivity contribution in [3.63, 3.8) is 0 Å². The first-order chi connectivity index (χ1) is 9.15. The second-order valence-corrected chi connectivity index (χ2v) is 3.51. The van der Waals surface area contributed by atoms with Crippen molar-refractivity contribution in [1.29, 1.82) is 0 Å². The van der Waals surface area contributed by atoms with E-state index in [0.29, 0.717) is 0 Å². The third-order valence-electron chi connectivity index (χ3n) is 2.03. The number of hydrogen-bond donors (Lipinski definition) is 0. The molecule has 0 N–H and O–H groups in total. The highest BCUT2D eigenvalue weighted by Crippen LogP contribution is 2.29. The van der Waals surface area contributed by atoms with Crippen molar-refractivity contribution in [2.75, 3.05) is 6.61 Å². The van der Waals surface area contributed by atoms with Gasteiger partial charge in [0.2, 0.25) is 0 Å². The Balaban J connectivity index is 3.32. The van der Waals surface area contributed by atoms with Crippen LogP contribution in [0.2, 0.25) is 0 Å².